The van der Waals surface area contributed by atoms with Crippen LogP contribution >= 0.6 is 23.4 Å². The third-order valence-electron chi connectivity index (χ3n) is 2.29. The zero-order chi connectivity index (χ0) is 13.8. The summed E-state index contributed by atoms with van der Waals surface area (Å²) < 4.78 is 0. The molecule has 0 amide bonds. The lowest BCUT2D eigenvalue weighted by Crippen LogP contribution is -2.12. The van der Waals surface area contributed by atoms with E-state index in [0.29, 0.717) is 15.7 Å². The molecule has 0 saturated carbocycles. The van der Waals surface area contributed by atoms with Gasteiger partial charge in [-0.1, -0.05) is 16.8 Å². The molecule has 0 atom stereocenters. The van der Waals surface area contributed by atoms with Gasteiger partial charge in [-0.2, -0.15) is 0 Å². The molecule has 98 valence electrons. The van der Waals surface area contributed by atoms with Crippen molar-refractivity contribution in [2.45, 2.75) is 17.0 Å². The molecule has 1 aromatic carbocycles. The maximum Gasteiger partial charge on any atom is 0.192 e. The normalized spacial score (nSPS) is 11.6. The lowest BCUT2D eigenvalue weighted by molar-refractivity contribution is 0.318. The van der Waals surface area contributed by atoms with Crippen molar-refractivity contribution in [1.82, 2.24) is 9.97 Å². The Kier molecular flexibility index (Phi) is 4.24. The Bertz CT molecular complexity index is 616. The molecule has 0 aliphatic carbocycles. The van der Waals surface area contributed by atoms with Crippen molar-refractivity contribution < 1.29 is 5.21 Å². The average Bonchev–Trinajstić information content (AvgIpc) is 2.42. The van der Waals surface area contributed by atoms with Crippen LogP contribution in [-0.4, -0.2) is 21.0 Å². The molecule has 19 heavy (non-hydrogen) atoms. The van der Waals surface area contributed by atoms with Crippen LogP contribution in [0.4, 0.5) is 0 Å². The predicted molar refractivity (Wildman–Crippen MR) is 74.9 cm³/mol. The first-order chi connectivity index (χ1) is 9.10. The van der Waals surface area contributed by atoms with Crippen LogP contribution in [0, 0.1) is 6.92 Å². The van der Waals surface area contributed by atoms with Gasteiger partial charge >= 0.3 is 0 Å². The van der Waals surface area contributed by atoms with Crippen molar-refractivity contribution in [2.24, 2.45) is 10.9 Å². The van der Waals surface area contributed by atoms with E-state index in [4.69, 9.17) is 22.5 Å². The number of hydrogen-bond donors (Lipinski definition) is 2. The number of nitrogens with two attached hydrogens (primary N) is 1. The Balaban J connectivity index is 2.24. The summed E-state index contributed by atoms with van der Waals surface area (Å²) in [7, 11) is 0. The van der Waals surface area contributed by atoms with Crippen LogP contribution in [0.25, 0.3) is 0 Å². The van der Waals surface area contributed by atoms with Crippen LogP contribution in [0.1, 0.15) is 11.1 Å². The van der Waals surface area contributed by atoms with Crippen LogP contribution in [0.3, 0.4) is 0 Å². The number of benzene rings is 1. The van der Waals surface area contributed by atoms with Gasteiger partial charge in [0.05, 0.1) is 5.02 Å². The number of nitrogens with zero attached hydrogens (tertiary/aromatic N) is 3. The van der Waals surface area contributed by atoms with E-state index in [1.165, 1.54) is 11.8 Å². The topological polar surface area (TPSA) is 84.4 Å². The standard InChI is InChI=1S/C12H11ClN4OS/c1-7-5-15-12(16-6-7)19-10-3-2-8(4-9(10)13)11(14)17-18/h2-6,18H,1H3,(H2,14,17). The summed E-state index contributed by atoms with van der Waals surface area (Å²) in [4.78, 5) is 9.19. The highest BCUT2D eigenvalue weighted by Crippen LogP contribution is 2.31. The van der Waals surface area contributed by atoms with Gasteiger partial charge in [-0.3, -0.25) is 0 Å². The van der Waals surface area contributed by atoms with Crippen LogP contribution in [0.5, 0.6) is 0 Å². The van der Waals surface area contributed by atoms with E-state index in [1.54, 1.807) is 30.6 Å². The van der Waals surface area contributed by atoms with E-state index in [0.717, 1.165) is 10.5 Å². The molecular formula is C12H11ClN4OS. The largest absolute Gasteiger partial charge is 0.409 e. The minimum atomic E-state index is 0.0186. The second-order valence-electron chi connectivity index (χ2n) is 3.78. The predicted octanol–water partition coefficient (Wildman–Crippen LogP) is 2.68. The quantitative estimate of drug-likeness (QED) is 0.299. The lowest BCUT2D eigenvalue weighted by Gasteiger charge is -2.05. The fourth-order valence-corrected chi connectivity index (χ4v) is 2.33. The summed E-state index contributed by atoms with van der Waals surface area (Å²) in [5.41, 5.74) is 7.05. The fraction of sp³-hybridized carbons (Fsp3) is 0.0833. The highest BCUT2D eigenvalue weighted by Gasteiger charge is 2.08. The highest BCUT2D eigenvalue weighted by atomic mass is 35.5. The van der Waals surface area contributed by atoms with Gasteiger partial charge in [0.2, 0.25) is 0 Å². The SMILES string of the molecule is Cc1cnc(Sc2ccc(C(N)=NO)cc2Cl)nc1. The minimum Gasteiger partial charge on any atom is -0.409 e. The Labute approximate surface area is 119 Å². The second-order valence-corrected chi connectivity index (χ2v) is 5.19. The minimum absolute atomic E-state index is 0.0186. The van der Waals surface area contributed by atoms with Gasteiger partial charge in [0, 0.05) is 22.9 Å². The summed E-state index contributed by atoms with van der Waals surface area (Å²) in [5, 5.41) is 12.6. The van der Waals surface area contributed by atoms with Crippen LogP contribution < -0.4 is 5.73 Å². The molecule has 5 nitrogen and oxygen atoms in total. The zero-order valence-electron chi connectivity index (χ0n) is 10.0. The number of amidine groups is 1. The van der Waals surface area contributed by atoms with Crippen molar-refractivity contribution in [1.29, 1.82) is 0 Å². The summed E-state index contributed by atoms with van der Waals surface area (Å²) in [6, 6.07) is 5.13. The smallest absolute Gasteiger partial charge is 0.192 e. The maximum absolute atomic E-state index is 8.60. The molecule has 0 fully saturated rings. The summed E-state index contributed by atoms with van der Waals surface area (Å²) >= 11 is 7.50. The first-order valence-electron chi connectivity index (χ1n) is 5.34. The fourth-order valence-electron chi connectivity index (χ4n) is 1.33. The Morgan fingerprint density at radius 3 is 2.63 bits per heavy atom. The summed E-state index contributed by atoms with van der Waals surface area (Å²) in [5.74, 6) is 0.0186. The molecule has 0 aliphatic heterocycles. The van der Waals surface area contributed by atoms with Gasteiger partial charge in [0.15, 0.2) is 11.0 Å². The first-order valence-corrected chi connectivity index (χ1v) is 6.53. The van der Waals surface area contributed by atoms with Crippen molar-refractivity contribution in [3.05, 3.63) is 46.7 Å². The molecule has 0 bridgehead atoms. The third kappa shape index (κ3) is 3.36. The van der Waals surface area contributed by atoms with Gasteiger partial charge < -0.3 is 10.9 Å². The number of halogens is 1. The molecule has 2 aromatic rings. The molecule has 1 heterocycles. The number of hydrogen-bond acceptors (Lipinski definition) is 5. The maximum atomic E-state index is 8.60. The third-order valence-corrected chi connectivity index (χ3v) is 3.69. The number of aromatic nitrogens is 2. The molecule has 3 N–H and O–H groups in total. The van der Waals surface area contributed by atoms with Gasteiger partial charge in [0.25, 0.3) is 0 Å². The molecule has 7 heteroatoms. The molecule has 1 aromatic heterocycles. The van der Waals surface area contributed by atoms with E-state index in [2.05, 4.69) is 15.1 Å². The Hall–Kier alpha value is -1.79. The molecule has 0 radical (unpaired) electrons. The molecular weight excluding hydrogens is 284 g/mol. The molecule has 0 aliphatic rings. The van der Waals surface area contributed by atoms with Crippen molar-refractivity contribution >= 4 is 29.2 Å². The first kappa shape index (κ1) is 13.6. The average molecular weight is 295 g/mol. The van der Waals surface area contributed by atoms with Gasteiger partial charge in [-0.15, -0.1) is 0 Å². The lowest BCUT2D eigenvalue weighted by atomic mass is 10.2. The van der Waals surface area contributed by atoms with Crippen molar-refractivity contribution in [3.8, 4) is 0 Å². The van der Waals surface area contributed by atoms with Gasteiger partial charge in [-0.05, 0) is 42.4 Å². The van der Waals surface area contributed by atoms with Crippen molar-refractivity contribution in [2.75, 3.05) is 0 Å². The van der Waals surface area contributed by atoms with E-state index in [9.17, 15) is 0 Å². The second kappa shape index (κ2) is 5.90. The van der Waals surface area contributed by atoms with Crippen LogP contribution in [0.2, 0.25) is 5.02 Å². The number of oxime groups is 1. The Morgan fingerprint density at radius 1 is 1.37 bits per heavy atom. The van der Waals surface area contributed by atoms with Gasteiger partial charge in [-0.25, -0.2) is 9.97 Å². The van der Waals surface area contributed by atoms with Gasteiger partial charge in [0.1, 0.15) is 0 Å². The van der Waals surface area contributed by atoms with E-state index >= 15 is 0 Å². The molecule has 2 rings (SSSR count). The number of rotatable bonds is 3. The molecule has 0 spiro atoms. The zero-order valence-corrected chi connectivity index (χ0v) is 11.6. The van der Waals surface area contributed by atoms with E-state index in [-0.39, 0.29) is 5.84 Å². The summed E-state index contributed by atoms with van der Waals surface area (Å²) in [6.45, 7) is 1.92. The van der Waals surface area contributed by atoms with Crippen LogP contribution in [0.15, 0.2) is 45.8 Å². The monoisotopic (exact) mass is 294 g/mol. The Morgan fingerprint density at radius 2 is 2.05 bits per heavy atom. The summed E-state index contributed by atoms with van der Waals surface area (Å²) in [6.07, 6.45) is 3.49. The van der Waals surface area contributed by atoms with E-state index in [1.807, 2.05) is 6.92 Å². The van der Waals surface area contributed by atoms with Crippen molar-refractivity contribution in [3.63, 3.8) is 0 Å². The highest BCUT2D eigenvalue weighted by molar-refractivity contribution is 7.99. The molecule has 0 unspecified atom stereocenters. The van der Waals surface area contributed by atoms with Crippen LogP contribution in [-0.2, 0) is 0 Å². The van der Waals surface area contributed by atoms with E-state index < -0.39 is 0 Å². The number of aryl methyl sites for hydroxylation is 1. The molecule has 0 saturated heterocycles.